The zero-order valence-electron chi connectivity index (χ0n) is 19.0. The first kappa shape index (κ1) is 26.1. The molecule has 2 rings (SSSR count). The molecule has 1 unspecified atom stereocenters. The summed E-state index contributed by atoms with van der Waals surface area (Å²) in [6.45, 7) is 7.20. The molecule has 0 bridgehead atoms. The van der Waals surface area contributed by atoms with Gasteiger partial charge in [-0.25, -0.2) is 9.97 Å². The molecule has 0 spiro atoms. The molecule has 1 atom stereocenters. The highest BCUT2D eigenvalue weighted by Gasteiger charge is 2.33. The van der Waals surface area contributed by atoms with E-state index in [1.165, 1.54) is 13.2 Å². The fraction of sp³-hybridized carbons (Fsp3) is 0.261. The van der Waals surface area contributed by atoms with Crippen LogP contribution in [0, 0.1) is 18.4 Å². The molecule has 0 aliphatic carbocycles. The lowest BCUT2D eigenvalue weighted by atomic mass is 10.1. The number of nitrogens with two attached hydrogens (primary N) is 1. The second-order valence-corrected chi connectivity index (χ2v) is 7.04. The number of ether oxygens (including phenoxy) is 2. The molecule has 1 aromatic heterocycles. The number of aryl methyl sites for hydroxylation is 1. The second kappa shape index (κ2) is 11.1. The molecule has 2 aromatic rings. The number of methoxy groups -OCH3 is 1. The number of amidine groups is 1. The van der Waals surface area contributed by atoms with E-state index in [1.807, 2.05) is 6.92 Å². The fourth-order valence-corrected chi connectivity index (χ4v) is 2.75. The van der Waals surface area contributed by atoms with E-state index in [0.29, 0.717) is 11.4 Å². The van der Waals surface area contributed by atoms with Gasteiger partial charge in [-0.05, 0) is 43.2 Å². The van der Waals surface area contributed by atoms with E-state index in [1.54, 1.807) is 37.7 Å². The van der Waals surface area contributed by atoms with Crippen molar-refractivity contribution in [2.45, 2.75) is 26.1 Å². The molecule has 0 saturated heterocycles. The van der Waals surface area contributed by atoms with Crippen molar-refractivity contribution in [3.63, 3.8) is 0 Å². The third-order valence-electron chi connectivity index (χ3n) is 4.59. The molecule has 2 N–H and O–H groups in total. The van der Waals surface area contributed by atoms with Gasteiger partial charge in [0.1, 0.15) is 11.5 Å². The molecule has 11 heteroatoms. The predicted molar refractivity (Wildman–Crippen MR) is 123 cm³/mol. The standard InChI is InChI=1S/C23H23F3N6O2/c1-13-10-30-22(31-11-13)16-8-17(20(34-12-27)18(9-16)33-5)21(28)32-15(3)14(2)6-7-19(29-4)23(24,25)26/h6-11,15H,2H2,1,3-5H3,(H2,28,32)/b7-6-,29-19?. The topological polar surface area (TPSA) is 119 Å². The molecule has 0 fully saturated rings. The monoisotopic (exact) mass is 472 g/mol. The maximum atomic E-state index is 12.9. The zero-order valence-corrected chi connectivity index (χ0v) is 19.0. The summed E-state index contributed by atoms with van der Waals surface area (Å²) in [6, 6.07) is 2.46. The first-order chi connectivity index (χ1) is 16.0. The van der Waals surface area contributed by atoms with Gasteiger partial charge in [-0.3, -0.25) is 9.98 Å². The number of rotatable bonds is 8. The van der Waals surface area contributed by atoms with Crippen LogP contribution in [-0.2, 0) is 0 Å². The molecular weight excluding hydrogens is 449 g/mol. The van der Waals surface area contributed by atoms with Gasteiger partial charge >= 0.3 is 6.18 Å². The number of allylic oxidation sites excluding steroid dienone is 1. The van der Waals surface area contributed by atoms with Crippen molar-refractivity contribution < 1.29 is 22.6 Å². The minimum atomic E-state index is -4.59. The van der Waals surface area contributed by atoms with Crippen LogP contribution in [0.25, 0.3) is 11.4 Å². The number of aromatic nitrogens is 2. The molecule has 8 nitrogen and oxygen atoms in total. The van der Waals surface area contributed by atoms with Crippen molar-refractivity contribution in [1.29, 1.82) is 5.26 Å². The quantitative estimate of drug-likeness (QED) is 0.267. The van der Waals surface area contributed by atoms with Gasteiger partial charge in [0, 0.05) is 25.0 Å². The lowest BCUT2D eigenvalue weighted by molar-refractivity contribution is -0.0577. The maximum absolute atomic E-state index is 12.9. The molecule has 0 aliphatic heterocycles. The molecule has 178 valence electrons. The van der Waals surface area contributed by atoms with Crippen molar-refractivity contribution in [2.75, 3.05) is 14.2 Å². The van der Waals surface area contributed by atoms with Gasteiger partial charge in [-0.1, -0.05) is 12.7 Å². The van der Waals surface area contributed by atoms with E-state index in [2.05, 4.69) is 26.5 Å². The van der Waals surface area contributed by atoms with E-state index in [-0.39, 0.29) is 28.5 Å². The number of alkyl halides is 3. The fourth-order valence-electron chi connectivity index (χ4n) is 2.75. The van der Waals surface area contributed by atoms with Crippen LogP contribution in [0.2, 0.25) is 0 Å². The van der Waals surface area contributed by atoms with E-state index in [9.17, 15) is 13.2 Å². The Labute approximate surface area is 195 Å². The summed E-state index contributed by atoms with van der Waals surface area (Å²) in [5.41, 5.74) is 7.01. The smallest absolute Gasteiger partial charge is 0.432 e. The second-order valence-electron chi connectivity index (χ2n) is 7.04. The Kier molecular flexibility index (Phi) is 8.50. The van der Waals surface area contributed by atoms with E-state index in [0.717, 1.165) is 18.7 Å². The number of benzene rings is 1. The summed E-state index contributed by atoms with van der Waals surface area (Å²) in [6.07, 6.45) is 2.25. The Bertz CT molecular complexity index is 1180. The van der Waals surface area contributed by atoms with E-state index >= 15 is 0 Å². The Balaban J connectivity index is 2.48. The van der Waals surface area contributed by atoms with Crippen LogP contribution in [0.4, 0.5) is 13.2 Å². The molecule has 0 amide bonds. The molecule has 1 aromatic carbocycles. The van der Waals surface area contributed by atoms with Gasteiger partial charge in [-0.15, -0.1) is 5.26 Å². The Hall–Kier alpha value is -4.20. The molecular formula is C23H23F3N6O2. The maximum Gasteiger partial charge on any atom is 0.432 e. The van der Waals surface area contributed by atoms with Crippen LogP contribution in [0.1, 0.15) is 18.1 Å². The van der Waals surface area contributed by atoms with Crippen molar-refractivity contribution in [3.8, 4) is 29.1 Å². The number of aliphatic imine (C=N–C) groups is 2. The van der Waals surface area contributed by atoms with Crippen LogP contribution in [-0.4, -0.2) is 47.9 Å². The SMILES string of the molecule is C=C(/C=C\C(=NC)C(F)(F)F)C(C)N=C(N)c1cc(-c2ncc(C)cn2)cc(OC)c1OC#N. The average molecular weight is 472 g/mol. The predicted octanol–water partition coefficient (Wildman–Crippen LogP) is 4.16. The van der Waals surface area contributed by atoms with Gasteiger partial charge in [-0.2, -0.15) is 13.2 Å². The van der Waals surface area contributed by atoms with Crippen LogP contribution in [0.15, 0.2) is 58.8 Å². The van der Waals surface area contributed by atoms with Crippen LogP contribution >= 0.6 is 0 Å². The van der Waals surface area contributed by atoms with E-state index < -0.39 is 17.9 Å². The minimum absolute atomic E-state index is 0.0212. The van der Waals surface area contributed by atoms with Crippen molar-refractivity contribution in [2.24, 2.45) is 15.7 Å². The van der Waals surface area contributed by atoms with Crippen LogP contribution in [0.3, 0.4) is 0 Å². The highest BCUT2D eigenvalue weighted by molar-refractivity contribution is 6.02. The summed E-state index contributed by atoms with van der Waals surface area (Å²) < 4.78 is 49.0. The van der Waals surface area contributed by atoms with Crippen molar-refractivity contribution >= 4 is 11.5 Å². The number of nitrogens with zero attached hydrogens (tertiary/aromatic N) is 5. The third kappa shape index (κ3) is 6.41. The highest BCUT2D eigenvalue weighted by atomic mass is 19.4. The Morgan fingerprint density at radius 2 is 1.91 bits per heavy atom. The highest BCUT2D eigenvalue weighted by Crippen LogP contribution is 2.36. The largest absolute Gasteiger partial charge is 0.493 e. The average Bonchev–Trinajstić information content (AvgIpc) is 2.79. The number of hydrogen-bond acceptors (Lipinski definition) is 7. The summed E-state index contributed by atoms with van der Waals surface area (Å²) in [5.74, 6) is 0.532. The molecule has 0 saturated carbocycles. The van der Waals surface area contributed by atoms with Crippen LogP contribution in [0.5, 0.6) is 11.5 Å². The lowest BCUT2D eigenvalue weighted by Gasteiger charge is -2.15. The molecule has 1 heterocycles. The number of nitriles is 1. The van der Waals surface area contributed by atoms with Crippen LogP contribution < -0.4 is 15.2 Å². The normalized spacial score (nSPS) is 13.5. The van der Waals surface area contributed by atoms with Gasteiger partial charge in [0.05, 0.1) is 18.7 Å². The van der Waals surface area contributed by atoms with E-state index in [4.69, 9.17) is 20.5 Å². The minimum Gasteiger partial charge on any atom is -0.493 e. The summed E-state index contributed by atoms with van der Waals surface area (Å²) in [4.78, 5) is 16.1. The summed E-state index contributed by atoms with van der Waals surface area (Å²) in [5, 5.41) is 9.08. The Morgan fingerprint density at radius 3 is 2.44 bits per heavy atom. The lowest BCUT2D eigenvalue weighted by Crippen LogP contribution is -2.21. The van der Waals surface area contributed by atoms with Gasteiger partial charge < -0.3 is 15.2 Å². The number of halogens is 3. The first-order valence-corrected chi connectivity index (χ1v) is 9.83. The molecule has 0 radical (unpaired) electrons. The van der Waals surface area contributed by atoms with Gasteiger partial charge in [0.15, 0.2) is 17.3 Å². The van der Waals surface area contributed by atoms with Gasteiger partial charge in [0.25, 0.3) is 6.26 Å². The molecule has 34 heavy (non-hydrogen) atoms. The molecule has 0 aliphatic rings. The first-order valence-electron chi connectivity index (χ1n) is 9.83. The van der Waals surface area contributed by atoms with Crippen molar-refractivity contribution in [3.05, 3.63) is 60.0 Å². The van der Waals surface area contributed by atoms with Crippen molar-refractivity contribution in [1.82, 2.24) is 9.97 Å². The summed E-state index contributed by atoms with van der Waals surface area (Å²) >= 11 is 0. The third-order valence-corrected chi connectivity index (χ3v) is 4.59. The zero-order chi connectivity index (χ0) is 25.5. The van der Waals surface area contributed by atoms with Gasteiger partial charge in [0.2, 0.25) is 0 Å². The summed E-state index contributed by atoms with van der Waals surface area (Å²) in [7, 11) is 2.43. The Morgan fingerprint density at radius 1 is 1.26 bits per heavy atom. The number of hydrogen-bond donors (Lipinski definition) is 1.